The second kappa shape index (κ2) is 6.77. The fraction of sp³-hybridized carbons (Fsp3) is 0.769. The van der Waals surface area contributed by atoms with Crippen LogP contribution in [-0.4, -0.2) is 40.6 Å². The second-order valence-electron chi connectivity index (χ2n) is 5.06. The Morgan fingerprint density at radius 2 is 2.18 bits per heavy atom. The first-order chi connectivity index (χ1) is 8.04. The van der Waals surface area contributed by atoms with Crippen LogP contribution < -0.4 is 5.32 Å². The van der Waals surface area contributed by atoms with Gasteiger partial charge < -0.3 is 9.88 Å². The second-order valence-corrected chi connectivity index (χ2v) is 5.06. The van der Waals surface area contributed by atoms with Crippen molar-refractivity contribution in [2.45, 2.75) is 33.4 Å². The van der Waals surface area contributed by atoms with Crippen LogP contribution in [0.1, 0.15) is 26.6 Å². The summed E-state index contributed by atoms with van der Waals surface area (Å²) in [5.74, 6) is 1.77. The van der Waals surface area contributed by atoms with E-state index in [0.29, 0.717) is 12.0 Å². The molecule has 1 aromatic rings. The van der Waals surface area contributed by atoms with E-state index in [1.807, 2.05) is 19.4 Å². The first-order valence-corrected chi connectivity index (χ1v) is 6.42. The number of hydrogen-bond donors (Lipinski definition) is 1. The molecule has 4 heteroatoms. The lowest BCUT2D eigenvalue weighted by molar-refractivity contribution is 0.244. The van der Waals surface area contributed by atoms with Crippen LogP contribution in [-0.2, 0) is 13.6 Å². The third-order valence-corrected chi connectivity index (χ3v) is 3.11. The van der Waals surface area contributed by atoms with Gasteiger partial charge in [0, 0.05) is 32.0 Å². The fourth-order valence-corrected chi connectivity index (χ4v) is 1.96. The van der Waals surface area contributed by atoms with Gasteiger partial charge in [0.1, 0.15) is 5.82 Å². The summed E-state index contributed by atoms with van der Waals surface area (Å²) in [6.07, 6.45) is 3.85. The topological polar surface area (TPSA) is 33.1 Å². The number of aryl methyl sites for hydroxylation is 1. The van der Waals surface area contributed by atoms with Crippen LogP contribution in [0, 0.1) is 5.92 Å². The minimum absolute atomic E-state index is 0.547. The van der Waals surface area contributed by atoms with Gasteiger partial charge in [-0.25, -0.2) is 4.98 Å². The maximum Gasteiger partial charge on any atom is 0.122 e. The van der Waals surface area contributed by atoms with E-state index in [0.717, 1.165) is 25.5 Å². The molecule has 1 N–H and O–H groups in total. The van der Waals surface area contributed by atoms with Crippen molar-refractivity contribution in [3.05, 3.63) is 18.2 Å². The summed E-state index contributed by atoms with van der Waals surface area (Å²) in [6.45, 7) is 9.67. The van der Waals surface area contributed by atoms with Gasteiger partial charge in [-0.05, 0) is 19.5 Å². The average Bonchev–Trinajstić information content (AvgIpc) is 2.63. The van der Waals surface area contributed by atoms with Crippen LogP contribution in [0.4, 0.5) is 0 Å². The molecule has 1 heterocycles. The first-order valence-electron chi connectivity index (χ1n) is 6.42. The molecular weight excluding hydrogens is 212 g/mol. The van der Waals surface area contributed by atoms with Crippen LogP contribution in [0.3, 0.4) is 0 Å². The molecule has 98 valence electrons. The number of rotatable bonds is 7. The van der Waals surface area contributed by atoms with Crippen molar-refractivity contribution < 1.29 is 0 Å². The van der Waals surface area contributed by atoms with Crippen molar-refractivity contribution in [2.75, 3.05) is 20.1 Å². The van der Waals surface area contributed by atoms with Gasteiger partial charge in [0.2, 0.25) is 0 Å². The molecular formula is C13H26N4. The minimum atomic E-state index is 0.547. The third-order valence-electron chi connectivity index (χ3n) is 3.11. The summed E-state index contributed by atoms with van der Waals surface area (Å²) in [5, 5.41) is 3.54. The molecule has 17 heavy (non-hydrogen) atoms. The van der Waals surface area contributed by atoms with E-state index in [-0.39, 0.29) is 0 Å². The number of hydrogen-bond acceptors (Lipinski definition) is 3. The molecule has 1 unspecified atom stereocenters. The van der Waals surface area contributed by atoms with Crippen LogP contribution in [0.2, 0.25) is 0 Å². The van der Waals surface area contributed by atoms with Gasteiger partial charge in [-0.2, -0.15) is 0 Å². The van der Waals surface area contributed by atoms with Gasteiger partial charge in [-0.3, -0.25) is 4.90 Å². The Labute approximate surface area is 105 Å². The summed E-state index contributed by atoms with van der Waals surface area (Å²) in [7, 11) is 4.20. The van der Waals surface area contributed by atoms with Crippen LogP contribution >= 0.6 is 0 Å². The quantitative estimate of drug-likeness (QED) is 0.781. The van der Waals surface area contributed by atoms with E-state index < -0.39 is 0 Å². The van der Waals surface area contributed by atoms with Crippen LogP contribution in [0.25, 0.3) is 0 Å². The molecule has 0 fully saturated rings. The SMILES string of the molecule is CCNC(CN(C)Cc1nccn1C)C(C)C. The lowest BCUT2D eigenvalue weighted by atomic mass is 10.0. The summed E-state index contributed by atoms with van der Waals surface area (Å²) < 4.78 is 2.08. The molecule has 1 atom stereocenters. The molecule has 0 aliphatic rings. The monoisotopic (exact) mass is 238 g/mol. The van der Waals surface area contributed by atoms with Crippen LogP contribution in [0.5, 0.6) is 0 Å². The van der Waals surface area contributed by atoms with Gasteiger partial charge in [-0.1, -0.05) is 20.8 Å². The number of likely N-dealkylation sites (N-methyl/N-ethyl adjacent to an activating group) is 2. The Balaban J connectivity index is 2.47. The summed E-state index contributed by atoms with van der Waals surface area (Å²) in [6, 6.07) is 0.547. The van der Waals surface area contributed by atoms with Gasteiger partial charge in [0.15, 0.2) is 0 Å². The van der Waals surface area contributed by atoms with E-state index in [1.165, 1.54) is 0 Å². The van der Waals surface area contributed by atoms with Crippen molar-refractivity contribution in [1.82, 2.24) is 19.8 Å². The number of nitrogens with one attached hydrogen (secondary N) is 1. The van der Waals surface area contributed by atoms with Crippen molar-refractivity contribution in [1.29, 1.82) is 0 Å². The smallest absolute Gasteiger partial charge is 0.122 e. The highest BCUT2D eigenvalue weighted by Gasteiger charge is 2.15. The van der Waals surface area contributed by atoms with Crippen molar-refractivity contribution in [2.24, 2.45) is 13.0 Å². The number of imidazole rings is 1. The van der Waals surface area contributed by atoms with Crippen molar-refractivity contribution >= 4 is 0 Å². The minimum Gasteiger partial charge on any atom is -0.337 e. The first kappa shape index (κ1) is 14.2. The number of aromatic nitrogens is 2. The molecule has 0 saturated carbocycles. The summed E-state index contributed by atoms with van der Waals surface area (Å²) in [5.41, 5.74) is 0. The van der Waals surface area contributed by atoms with Crippen molar-refractivity contribution in [3.63, 3.8) is 0 Å². The predicted octanol–water partition coefficient (Wildman–Crippen LogP) is 1.49. The van der Waals surface area contributed by atoms with Gasteiger partial charge in [0.25, 0.3) is 0 Å². The molecule has 1 aromatic heterocycles. The van der Waals surface area contributed by atoms with Crippen LogP contribution in [0.15, 0.2) is 12.4 Å². The zero-order chi connectivity index (χ0) is 12.8. The highest BCUT2D eigenvalue weighted by atomic mass is 15.2. The van der Waals surface area contributed by atoms with Gasteiger partial charge >= 0.3 is 0 Å². The third kappa shape index (κ3) is 4.48. The predicted molar refractivity (Wildman–Crippen MR) is 71.8 cm³/mol. The Hall–Kier alpha value is -0.870. The van der Waals surface area contributed by atoms with E-state index >= 15 is 0 Å². The average molecular weight is 238 g/mol. The molecule has 0 saturated heterocycles. The van der Waals surface area contributed by atoms with Gasteiger partial charge in [-0.15, -0.1) is 0 Å². The van der Waals surface area contributed by atoms with Gasteiger partial charge in [0.05, 0.1) is 6.54 Å². The maximum atomic E-state index is 4.35. The summed E-state index contributed by atoms with van der Waals surface area (Å²) >= 11 is 0. The molecule has 0 spiro atoms. The van der Waals surface area contributed by atoms with E-state index in [9.17, 15) is 0 Å². The maximum absolute atomic E-state index is 4.35. The molecule has 4 nitrogen and oxygen atoms in total. The zero-order valence-corrected chi connectivity index (χ0v) is 11.8. The zero-order valence-electron chi connectivity index (χ0n) is 11.8. The highest BCUT2D eigenvalue weighted by Crippen LogP contribution is 2.06. The Morgan fingerprint density at radius 1 is 1.47 bits per heavy atom. The molecule has 0 amide bonds. The van der Waals surface area contributed by atoms with Crippen molar-refractivity contribution in [3.8, 4) is 0 Å². The molecule has 0 bridgehead atoms. The standard InChI is InChI=1S/C13H26N4/c1-6-14-12(11(2)3)9-16(4)10-13-15-7-8-17(13)5/h7-8,11-12,14H,6,9-10H2,1-5H3. The number of nitrogens with zero attached hydrogens (tertiary/aromatic N) is 3. The normalized spacial score (nSPS) is 13.6. The highest BCUT2D eigenvalue weighted by molar-refractivity contribution is 4.91. The largest absolute Gasteiger partial charge is 0.337 e. The summed E-state index contributed by atoms with van der Waals surface area (Å²) in [4.78, 5) is 6.68. The lowest BCUT2D eigenvalue weighted by Gasteiger charge is -2.27. The molecule has 0 aliphatic heterocycles. The molecule has 0 radical (unpaired) electrons. The molecule has 0 aromatic carbocycles. The Morgan fingerprint density at radius 3 is 2.65 bits per heavy atom. The van der Waals surface area contributed by atoms with E-state index in [1.54, 1.807) is 0 Å². The Kier molecular flexibility index (Phi) is 5.65. The fourth-order valence-electron chi connectivity index (χ4n) is 1.96. The lowest BCUT2D eigenvalue weighted by Crippen LogP contribution is -2.42. The Bertz CT molecular complexity index is 319. The molecule has 0 aliphatic carbocycles. The van der Waals surface area contributed by atoms with E-state index in [2.05, 4.69) is 47.6 Å². The van der Waals surface area contributed by atoms with E-state index in [4.69, 9.17) is 0 Å². The molecule has 1 rings (SSSR count).